The minimum Gasteiger partial charge on any atom is -0.489 e. The van der Waals surface area contributed by atoms with Gasteiger partial charge in [0.25, 0.3) is 0 Å². The molecule has 2 fully saturated rings. The maximum absolute atomic E-state index is 14.3. The number of aliphatic hydroxyl groups excluding tert-OH is 1. The first-order chi connectivity index (χ1) is 11.8. The van der Waals surface area contributed by atoms with Gasteiger partial charge in [0, 0.05) is 12.5 Å². The number of aliphatic hydroxyl groups is 1. The molecule has 1 saturated carbocycles. The molecule has 2 amide bonds. The fourth-order valence-electron chi connectivity index (χ4n) is 2.87. The number of anilines is 1. The van der Waals surface area contributed by atoms with E-state index >= 15 is 0 Å². The van der Waals surface area contributed by atoms with E-state index in [2.05, 4.69) is 0 Å². The number of hydrogen-bond acceptors (Lipinski definition) is 5. The number of halogens is 2. The van der Waals surface area contributed by atoms with Crippen LogP contribution < -0.4 is 9.64 Å². The quantitative estimate of drug-likeness (QED) is 0.824. The van der Waals surface area contributed by atoms with Crippen molar-refractivity contribution in [3.63, 3.8) is 0 Å². The molecular formula is C17H17ClFNO5. The topological polar surface area (TPSA) is 76.1 Å². The predicted octanol–water partition coefficient (Wildman–Crippen LogP) is 3.55. The van der Waals surface area contributed by atoms with Crippen molar-refractivity contribution < 1.29 is 28.6 Å². The highest BCUT2D eigenvalue weighted by Gasteiger charge is 2.40. The monoisotopic (exact) mass is 369 g/mol. The summed E-state index contributed by atoms with van der Waals surface area (Å²) in [4.78, 5) is 25.0. The highest BCUT2D eigenvalue weighted by molar-refractivity contribution is 6.32. The molecule has 0 radical (unpaired) electrons. The maximum atomic E-state index is 14.3. The molecule has 1 saturated heterocycles. The fourth-order valence-corrected chi connectivity index (χ4v) is 3.06. The molecule has 1 heterocycles. The molecule has 0 bridgehead atoms. The molecule has 2 atom stereocenters. The Kier molecular flexibility index (Phi) is 4.71. The first-order valence-corrected chi connectivity index (χ1v) is 8.23. The van der Waals surface area contributed by atoms with Crippen LogP contribution in [0.2, 0.25) is 5.02 Å². The number of rotatable bonds is 3. The lowest BCUT2D eigenvalue weighted by atomic mass is 10.2. The summed E-state index contributed by atoms with van der Waals surface area (Å²) < 4.78 is 25.0. The summed E-state index contributed by atoms with van der Waals surface area (Å²) in [5.74, 6) is -1.57. The third-order valence-electron chi connectivity index (χ3n) is 4.12. The smallest absolute Gasteiger partial charge is 0.427 e. The second-order valence-electron chi connectivity index (χ2n) is 6.28. The van der Waals surface area contributed by atoms with Crippen LogP contribution in [0.3, 0.4) is 0 Å². The first kappa shape index (κ1) is 17.7. The van der Waals surface area contributed by atoms with E-state index in [1.807, 2.05) is 0 Å². The molecule has 25 heavy (non-hydrogen) atoms. The number of cyclic esters (lactones) is 1. The largest absolute Gasteiger partial charge is 0.489 e. The molecule has 2 unspecified atom stereocenters. The third kappa shape index (κ3) is 3.34. The van der Waals surface area contributed by atoms with E-state index in [1.165, 1.54) is 6.07 Å². The SMILES string of the molecule is CC(C)=C1OC(=O)N(c2cc(OC3CCC(O)C3)c(Cl)cc2F)C1=O. The van der Waals surface area contributed by atoms with Crippen LogP contribution in [-0.4, -0.2) is 29.3 Å². The Bertz CT molecular complexity index is 775. The van der Waals surface area contributed by atoms with Crippen LogP contribution in [0.5, 0.6) is 5.75 Å². The van der Waals surface area contributed by atoms with Crippen LogP contribution in [0.4, 0.5) is 14.9 Å². The highest BCUT2D eigenvalue weighted by Crippen LogP contribution is 2.37. The van der Waals surface area contributed by atoms with Crippen molar-refractivity contribution in [3.8, 4) is 5.75 Å². The van der Waals surface area contributed by atoms with Crippen molar-refractivity contribution in [2.45, 2.75) is 45.3 Å². The average Bonchev–Trinajstić information content (AvgIpc) is 3.06. The molecule has 1 aromatic rings. The second kappa shape index (κ2) is 6.65. The zero-order valence-electron chi connectivity index (χ0n) is 13.7. The molecule has 8 heteroatoms. The van der Waals surface area contributed by atoms with E-state index in [0.717, 1.165) is 6.07 Å². The summed E-state index contributed by atoms with van der Waals surface area (Å²) in [5, 5.41) is 9.60. The summed E-state index contributed by atoms with van der Waals surface area (Å²) in [6, 6.07) is 2.19. The molecule has 1 aliphatic heterocycles. The van der Waals surface area contributed by atoms with Gasteiger partial charge in [-0.15, -0.1) is 0 Å². The number of nitrogens with zero attached hydrogens (tertiary/aromatic N) is 1. The zero-order valence-corrected chi connectivity index (χ0v) is 14.5. The normalized spacial score (nSPS) is 23.2. The molecule has 0 aromatic heterocycles. The number of hydrogen-bond donors (Lipinski definition) is 1. The molecule has 2 aliphatic rings. The summed E-state index contributed by atoms with van der Waals surface area (Å²) >= 11 is 6.02. The molecule has 3 rings (SSSR count). The molecule has 0 spiro atoms. The number of amides is 2. The Morgan fingerprint density at radius 2 is 2.08 bits per heavy atom. The lowest BCUT2D eigenvalue weighted by molar-refractivity contribution is -0.114. The summed E-state index contributed by atoms with van der Waals surface area (Å²) in [6.07, 6.45) is -0.00647. The standard InChI is InChI=1S/C17H17ClFNO5/c1-8(2)15-16(22)20(17(23)25-15)13-7-14(11(18)6-12(13)19)24-10-4-3-9(21)5-10/h6-7,9-10,21H,3-5H2,1-2H3. The number of allylic oxidation sites excluding steroid dienone is 1. The van der Waals surface area contributed by atoms with E-state index in [-0.39, 0.29) is 28.3 Å². The van der Waals surface area contributed by atoms with Gasteiger partial charge in [0.15, 0.2) is 5.76 Å². The molecule has 1 aromatic carbocycles. The van der Waals surface area contributed by atoms with Crippen LogP contribution in [0.1, 0.15) is 33.1 Å². The van der Waals surface area contributed by atoms with E-state index in [1.54, 1.807) is 13.8 Å². The average molecular weight is 370 g/mol. The third-order valence-corrected chi connectivity index (χ3v) is 4.41. The molecule has 134 valence electrons. The lowest BCUT2D eigenvalue weighted by Gasteiger charge is -2.18. The summed E-state index contributed by atoms with van der Waals surface area (Å²) in [7, 11) is 0. The first-order valence-electron chi connectivity index (χ1n) is 7.85. The minimum atomic E-state index is -0.982. The van der Waals surface area contributed by atoms with Gasteiger partial charge in [-0.3, -0.25) is 4.79 Å². The number of carbonyl (C=O) groups excluding carboxylic acids is 2. The predicted molar refractivity (Wildman–Crippen MR) is 88.0 cm³/mol. The van der Waals surface area contributed by atoms with E-state index in [4.69, 9.17) is 21.1 Å². The van der Waals surface area contributed by atoms with E-state index in [9.17, 15) is 19.1 Å². The van der Waals surface area contributed by atoms with Crippen molar-refractivity contribution in [2.24, 2.45) is 0 Å². The van der Waals surface area contributed by atoms with Crippen molar-refractivity contribution >= 4 is 29.3 Å². The van der Waals surface area contributed by atoms with Gasteiger partial charge in [0.1, 0.15) is 17.7 Å². The van der Waals surface area contributed by atoms with Crippen LogP contribution in [0.25, 0.3) is 0 Å². The van der Waals surface area contributed by atoms with Crippen LogP contribution in [0.15, 0.2) is 23.5 Å². The maximum Gasteiger partial charge on any atom is 0.427 e. The van der Waals surface area contributed by atoms with Crippen molar-refractivity contribution in [3.05, 3.63) is 34.3 Å². The Morgan fingerprint density at radius 3 is 2.64 bits per heavy atom. The van der Waals surface area contributed by atoms with Crippen LogP contribution in [-0.2, 0) is 9.53 Å². The Morgan fingerprint density at radius 1 is 1.36 bits per heavy atom. The Labute approximate surface area is 148 Å². The molecule has 6 nitrogen and oxygen atoms in total. The molecule has 1 aliphatic carbocycles. The van der Waals surface area contributed by atoms with E-state index < -0.39 is 23.9 Å². The number of carbonyl (C=O) groups is 2. The fraction of sp³-hybridized carbons (Fsp3) is 0.412. The van der Waals surface area contributed by atoms with Crippen molar-refractivity contribution in [1.82, 2.24) is 0 Å². The van der Waals surface area contributed by atoms with Gasteiger partial charge in [-0.25, -0.2) is 14.1 Å². The Hall–Kier alpha value is -2.12. The molecule has 1 N–H and O–H groups in total. The van der Waals surface area contributed by atoms with E-state index in [0.29, 0.717) is 29.7 Å². The van der Waals surface area contributed by atoms with Crippen LogP contribution >= 0.6 is 11.6 Å². The van der Waals surface area contributed by atoms with Gasteiger partial charge in [-0.05, 0) is 38.3 Å². The van der Waals surface area contributed by atoms with Gasteiger partial charge in [-0.2, -0.15) is 0 Å². The lowest BCUT2D eigenvalue weighted by Crippen LogP contribution is -2.29. The van der Waals surface area contributed by atoms with Crippen LogP contribution in [0, 0.1) is 5.82 Å². The zero-order chi connectivity index (χ0) is 18.3. The number of benzene rings is 1. The van der Waals surface area contributed by atoms with Gasteiger partial charge >= 0.3 is 12.0 Å². The van der Waals surface area contributed by atoms with Crippen molar-refractivity contribution in [1.29, 1.82) is 0 Å². The Balaban J connectivity index is 1.94. The number of imide groups is 1. The second-order valence-corrected chi connectivity index (χ2v) is 6.69. The van der Waals surface area contributed by atoms with Gasteiger partial charge < -0.3 is 14.6 Å². The highest BCUT2D eigenvalue weighted by atomic mass is 35.5. The summed E-state index contributed by atoms with van der Waals surface area (Å²) in [5.41, 5.74) is 0.218. The van der Waals surface area contributed by atoms with Gasteiger partial charge in [0.2, 0.25) is 0 Å². The summed E-state index contributed by atoms with van der Waals surface area (Å²) in [6.45, 7) is 3.23. The van der Waals surface area contributed by atoms with Crippen molar-refractivity contribution in [2.75, 3.05) is 4.90 Å². The van der Waals surface area contributed by atoms with Gasteiger partial charge in [0.05, 0.1) is 16.8 Å². The number of ether oxygens (including phenoxy) is 2. The van der Waals surface area contributed by atoms with Gasteiger partial charge in [-0.1, -0.05) is 11.6 Å². The minimum absolute atomic E-state index is 0.0186. The molecular weight excluding hydrogens is 353 g/mol.